The fourth-order valence-electron chi connectivity index (χ4n) is 1.15. The standard InChI is InChI=1S/C12H14BrNO2/c1-8(2)16-11-5-3-9(7-10(11)13)4-6-12(14)15/h3-8H,1-2H3,(H2,14,15)/b6-4+. The maximum atomic E-state index is 10.6. The second-order valence-electron chi connectivity index (χ2n) is 3.59. The monoisotopic (exact) mass is 283 g/mol. The Hall–Kier alpha value is -1.29. The van der Waals surface area contributed by atoms with E-state index in [1.165, 1.54) is 6.08 Å². The van der Waals surface area contributed by atoms with Crippen LogP contribution >= 0.6 is 15.9 Å². The highest BCUT2D eigenvalue weighted by Crippen LogP contribution is 2.27. The molecule has 4 heteroatoms. The van der Waals surface area contributed by atoms with E-state index in [2.05, 4.69) is 15.9 Å². The van der Waals surface area contributed by atoms with Crippen molar-refractivity contribution < 1.29 is 9.53 Å². The first-order chi connectivity index (χ1) is 7.49. The van der Waals surface area contributed by atoms with E-state index in [0.717, 1.165) is 15.8 Å². The van der Waals surface area contributed by atoms with E-state index < -0.39 is 5.91 Å². The van der Waals surface area contributed by atoms with Gasteiger partial charge in [-0.05, 0) is 53.5 Å². The van der Waals surface area contributed by atoms with Crippen LogP contribution in [0, 0.1) is 0 Å². The highest BCUT2D eigenvalue weighted by Gasteiger charge is 2.03. The van der Waals surface area contributed by atoms with Crippen LogP contribution in [0.1, 0.15) is 19.4 Å². The number of benzene rings is 1. The third-order valence-corrected chi connectivity index (χ3v) is 2.38. The van der Waals surface area contributed by atoms with Crippen molar-refractivity contribution in [3.63, 3.8) is 0 Å². The normalized spacial score (nSPS) is 11.0. The Labute approximate surface area is 103 Å². The fourth-order valence-corrected chi connectivity index (χ4v) is 1.64. The van der Waals surface area contributed by atoms with Crippen LogP contribution in [0.3, 0.4) is 0 Å². The number of halogens is 1. The first kappa shape index (κ1) is 12.8. The SMILES string of the molecule is CC(C)Oc1ccc(/C=C/C(N)=O)cc1Br. The largest absolute Gasteiger partial charge is 0.490 e. The number of ether oxygens (including phenoxy) is 1. The van der Waals surface area contributed by atoms with Gasteiger partial charge in [0.05, 0.1) is 10.6 Å². The van der Waals surface area contributed by atoms with E-state index in [0.29, 0.717) is 0 Å². The van der Waals surface area contributed by atoms with Crippen LogP contribution in [0.25, 0.3) is 6.08 Å². The van der Waals surface area contributed by atoms with Gasteiger partial charge >= 0.3 is 0 Å². The Morgan fingerprint density at radius 1 is 1.50 bits per heavy atom. The predicted octanol–water partition coefficient (Wildman–Crippen LogP) is 2.73. The number of carbonyl (C=O) groups excluding carboxylic acids is 1. The lowest BCUT2D eigenvalue weighted by Crippen LogP contribution is -2.06. The summed E-state index contributed by atoms with van der Waals surface area (Å²) in [6, 6.07) is 5.59. The molecule has 0 unspecified atom stereocenters. The topological polar surface area (TPSA) is 52.3 Å². The van der Waals surface area contributed by atoms with Crippen molar-refractivity contribution in [1.29, 1.82) is 0 Å². The molecule has 0 bridgehead atoms. The lowest BCUT2D eigenvalue weighted by atomic mass is 10.2. The number of primary amides is 1. The van der Waals surface area contributed by atoms with Crippen molar-refractivity contribution in [2.75, 3.05) is 0 Å². The molecule has 0 fully saturated rings. The molecule has 1 rings (SSSR count). The molecule has 86 valence electrons. The molecule has 0 aliphatic rings. The van der Waals surface area contributed by atoms with Crippen molar-refractivity contribution in [1.82, 2.24) is 0 Å². The van der Waals surface area contributed by atoms with Gasteiger partial charge in [-0.25, -0.2) is 0 Å². The lowest BCUT2D eigenvalue weighted by molar-refractivity contribution is -0.113. The van der Waals surface area contributed by atoms with Gasteiger partial charge in [-0.1, -0.05) is 6.07 Å². The van der Waals surface area contributed by atoms with Crippen molar-refractivity contribution in [2.45, 2.75) is 20.0 Å². The minimum absolute atomic E-state index is 0.128. The highest BCUT2D eigenvalue weighted by atomic mass is 79.9. The summed E-state index contributed by atoms with van der Waals surface area (Å²) in [6.45, 7) is 3.93. The molecule has 0 radical (unpaired) electrons. The minimum Gasteiger partial charge on any atom is -0.490 e. The zero-order chi connectivity index (χ0) is 12.1. The van der Waals surface area contributed by atoms with Crippen LogP contribution in [-0.4, -0.2) is 12.0 Å². The van der Waals surface area contributed by atoms with Crippen molar-refractivity contribution >= 4 is 27.9 Å². The summed E-state index contributed by atoms with van der Waals surface area (Å²) < 4.78 is 6.42. The molecule has 2 N–H and O–H groups in total. The molecule has 0 aliphatic heterocycles. The smallest absolute Gasteiger partial charge is 0.241 e. The molecule has 0 aromatic heterocycles. The molecule has 0 heterocycles. The number of hydrogen-bond donors (Lipinski definition) is 1. The van der Waals surface area contributed by atoms with Gasteiger partial charge in [-0.15, -0.1) is 0 Å². The van der Waals surface area contributed by atoms with Gasteiger partial charge in [-0.2, -0.15) is 0 Å². The zero-order valence-corrected chi connectivity index (χ0v) is 10.8. The second kappa shape index (κ2) is 5.70. The number of nitrogens with two attached hydrogens (primary N) is 1. The van der Waals surface area contributed by atoms with Gasteiger partial charge in [0.25, 0.3) is 0 Å². The van der Waals surface area contributed by atoms with E-state index in [1.807, 2.05) is 32.0 Å². The van der Waals surface area contributed by atoms with Crippen molar-refractivity contribution in [3.05, 3.63) is 34.3 Å². The quantitative estimate of drug-likeness (QED) is 0.864. The van der Waals surface area contributed by atoms with Gasteiger partial charge in [0, 0.05) is 6.08 Å². The Bertz CT molecular complexity index is 413. The Morgan fingerprint density at radius 2 is 2.19 bits per heavy atom. The first-order valence-corrected chi connectivity index (χ1v) is 5.72. The van der Waals surface area contributed by atoms with E-state index in [-0.39, 0.29) is 6.10 Å². The van der Waals surface area contributed by atoms with Crippen LogP contribution in [0.2, 0.25) is 0 Å². The van der Waals surface area contributed by atoms with Crippen LogP contribution in [0.4, 0.5) is 0 Å². The Morgan fingerprint density at radius 3 is 2.69 bits per heavy atom. The summed E-state index contributed by atoms with van der Waals surface area (Å²) in [5.74, 6) is 0.324. The lowest BCUT2D eigenvalue weighted by Gasteiger charge is -2.11. The summed E-state index contributed by atoms with van der Waals surface area (Å²) in [7, 11) is 0. The molecular weight excluding hydrogens is 270 g/mol. The molecule has 0 aliphatic carbocycles. The van der Waals surface area contributed by atoms with Gasteiger partial charge in [0.2, 0.25) is 5.91 Å². The van der Waals surface area contributed by atoms with E-state index >= 15 is 0 Å². The molecular formula is C12H14BrNO2. The van der Waals surface area contributed by atoms with Gasteiger partial charge in [0.1, 0.15) is 5.75 Å². The van der Waals surface area contributed by atoms with Crippen molar-refractivity contribution in [2.24, 2.45) is 5.73 Å². The van der Waals surface area contributed by atoms with Crippen LogP contribution < -0.4 is 10.5 Å². The van der Waals surface area contributed by atoms with Gasteiger partial charge < -0.3 is 10.5 Å². The molecule has 0 atom stereocenters. The maximum absolute atomic E-state index is 10.6. The number of rotatable bonds is 4. The summed E-state index contributed by atoms with van der Waals surface area (Å²) in [4.78, 5) is 10.6. The predicted molar refractivity (Wildman–Crippen MR) is 68.1 cm³/mol. The molecule has 16 heavy (non-hydrogen) atoms. The minimum atomic E-state index is -0.460. The maximum Gasteiger partial charge on any atom is 0.241 e. The summed E-state index contributed by atoms with van der Waals surface area (Å²) in [5.41, 5.74) is 5.90. The average Bonchev–Trinajstić information content (AvgIpc) is 2.18. The Kier molecular flexibility index (Phi) is 4.55. The number of amides is 1. The van der Waals surface area contributed by atoms with Crippen molar-refractivity contribution in [3.8, 4) is 5.75 Å². The number of hydrogen-bond acceptors (Lipinski definition) is 2. The molecule has 0 spiro atoms. The zero-order valence-electron chi connectivity index (χ0n) is 9.24. The summed E-state index contributed by atoms with van der Waals surface area (Å²) in [6.07, 6.45) is 3.11. The molecule has 0 saturated carbocycles. The van der Waals surface area contributed by atoms with Crippen LogP contribution in [-0.2, 0) is 4.79 Å². The number of carbonyl (C=O) groups is 1. The summed E-state index contributed by atoms with van der Waals surface area (Å²) >= 11 is 3.41. The highest BCUT2D eigenvalue weighted by molar-refractivity contribution is 9.10. The third kappa shape index (κ3) is 4.06. The third-order valence-electron chi connectivity index (χ3n) is 1.76. The van der Waals surface area contributed by atoms with Crippen LogP contribution in [0.5, 0.6) is 5.75 Å². The summed E-state index contributed by atoms with van der Waals surface area (Å²) in [5, 5.41) is 0. The molecule has 1 aromatic carbocycles. The molecule has 0 saturated heterocycles. The molecule has 3 nitrogen and oxygen atoms in total. The van der Waals surface area contributed by atoms with E-state index in [1.54, 1.807) is 6.08 Å². The first-order valence-electron chi connectivity index (χ1n) is 4.93. The second-order valence-corrected chi connectivity index (χ2v) is 4.45. The van der Waals surface area contributed by atoms with Gasteiger partial charge in [0.15, 0.2) is 0 Å². The van der Waals surface area contributed by atoms with Crippen LogP contribution in [0.15, 0.2) is 28.7 Å². The molecule has 1 amide bonds. The molecule has 1 aromatic rings. The van der Waals surface area contributed by atoms with E-state index in [9.17, 15) is 4.79 Å². The fraction of sp³-hybridized carbons (Fsp3) is 0.250. The van der Waals surface area contributed by atoms with E-state index in [4.69, 9.17) is 10.5 Å². The average molecular weight is 284 g/mol. The van der Waals surface area contributed by atoms with Gasteiger partial charge in [-0.3, -0.25) is 4.79 Å². The Balaban J connectivity index is 2.86.